The predicted molar refractivity (Wildman–Crippen MR) is 123 cm³/mol. The maximum absolute atomic E-state index is 12.8. The normalized spacial score (nSPS) is 10.8. The lowest BCUT2D eigenvalue weighted by Crippen LogP contribution is -2.09. The van der Waals surface area contributed by atoms with E-state index in [0.717, 1.165) is 25.9 Å². The lowest BCUT2D eigenvalue weighted by molar-refractivity contribution is 0.0496. The van der Waals surface area contributed by atoms with Crippen molar-refractivity contribution >= 4 is 49.9 Å². The molecule has 0 aliphatic carbocycles. The summed E-state index contributed by atoms with van der Waals surface area (Å²) in [7, 11) is 0. The Morgan fingerprint density at radius 1 is 1.00 bits per heavy atom. The van der Waals surface area contributed by atoms with Gasteiger partial charge in [-0.15, -0.1) is 11.3 Å². The number of hydrogen-bond donors (Lipinski definition) is 0. The van der Waals surface area contributed by atoms with Crippen molar-refractivity contribution in [2.24, 2.45) is 0 Å². The number of para-hydroxylation sites is 1. The topological polar surface area (TPSA) is 56.3 Å². The van der Waals surface area contributed by atoms with Gasteiger partial charge in [0.2, 0.25) is 0 Å². The number of ketones is 1. The second-order valence-electron chi connectivity index (χ2n) is 6.72. The van der Waals surface area contributed by atoms with Crippen molar-refractivity contribution in [1.29, 1.82) is 0 Å². The molecule has 0 unspecified atom stereocenters. The summed E-state index contributed by atoms with van der Waals surface area (Å²) in [5.41, 5.74) is 2.65. The number of benzene rings is 2. The van der Waals surface area contributed by atoms with Gasteiger partial charge in [-0.1, -0.05) is 52.3 Å². The summed E-state index contributed by atoms with van der Waals surface area (Å²) in [6, 6.07) is 20.5. The van der Waals surface area contributed by atoms with Crippen molar-refractivity contribution in [3.8, 4) is 10.6 Å². The van der Waals surface area contributed by atoms with Crippen LogP contribution >= 0.6 is 27.3 Å². The van der Waals surface area contributed by atoms with E-state index in [-0.39, 0.29) is 12.4 Å². The number of carbonyl (C=O) groups excluding carboxylic acids is 2. The fourth-order valence-corrected chi connectivity index (χ4v) is 4.10. The third-order valence-electron chi connectivity index (χ3n) is 4.66. The Bertz CT molecular complexity index is 1190. The summed E-state index contributed by atoms with van der Waals surface area (Å²) in [5.74, 6) is -0.365. The number of ether oxygens (including phenoxy) is 1. The van der Waals surface area contributed by atoms with Gasteiger partial charge in [-0.3, -0.25) is 4.79 Å². The van der Waals surface area contributed by atoms with Crippen molar-refractivity contribution in [3.63, 3.8) is 0 Å². The summed E-state index contributed by atoms with van der Waals surface area (Å²) in [4.78, 5) is 30.7. The molecule has 4 aromatic rings. The zero-order valence-electron chi connectivity index (χ0n) is 16.0. The summed E-state index contributed by atoms with van der Waals surface area (Å²) >= 11 is 4.93. The first-order valence-corrected chi connectivity index (χ1v) is 11.2. The Morgan fingerprint density at radius 2 is 1.80 bits per heavy atom. The molecule has 0 atom stereocenters. The van der Waals surface area contributed by atoms with E-state index >= 15 is 0 Å². The molecule has 0 aliphatic heterocycles. The zero-order chi connectivity index (χ0) is 20.9. The Kier molecular flexibility index (Phi) is 6.35. The molecule has 150 valence electrons. The highest BCUT2D eigenvalue weighted by atomic mass is 79.9. The number of thiophene rings is 1. The van der Waals surface area contributed by atoms with E-state index < -0.39 is 5.97 Å². The van der Waals surface area contributed by atoms with Crippen LogP contribution in [0.15, 0.2) is 76.6 Å². The fraction of sp³-hybridized carbons (Fsp3) is 0.125. The number of rotatable bonds is 7. The maximum Gasteiger partial charge on any atom is 0.338 e. The van der Waals surface area contributed by atoms with Crippen LogP contribution in [0.1, 0.15) is 33.6 Å². The minimum Gasteiger partial charge on any atom is -0.462 e. The van der Waals surface area contributed by atoms with Crippen molar-refractivity contribution in [3.05, 3.63) is 87.7 Å². The monoisotopic (exact) mass is 479 g/mol. The summed E-state index contributed by atoms with van der Waals surface area (Å²) in [6.07, 6.45) is 0.799. The van der Waals surface area contributed by atoms with Crippen LogP contribution in [0.25, 0.3) is 21.5 Å². The molecule has 2 aromatic heterocycles. The number of halogens is 1. The van der Waals surface area contributed by atoms with Gasteiger partial charge in [-0.2, -0.15) is 0 Å². The molecular formula is C24H18BrNO3S. The van der Waals surface area contributed by atoms with Crippen LogP contribution in [0.4, 0.5) is 0 Å². The molecule has 0 N–H and O–H groups in total. The molecule has 0 bridgehead atoms. The van der Waals surface area contributed by atoms with Gasteiger partial charge in [0, 0.05) is 21.8 Å². The molecule has 0 saturated carbocycles. The highest BCUT2D eigenvalue weighted by molar-refractivity contribution is 9.10. The van der Waals surface area contributed by atoms with Crippen molar-refractivity contribution in [1.82, 2.24) is 4.98 Å². The molecule has 30 heavy (non-hydrogen) atoms. The van der Waals surface area contributed by atoms with E-state index in [1.54, 1.807) is 29.5 Å². The van der Waals surface area contributed by atoms with Crippen LogP contribution in [0, 0.1) is 0 Å². The number of aromatic nitrogens is 1. The molecule has 2 heterocycles. The minimum absolute atomic E-state index is 0.0351. The second-order valence-corrected chi connectivity index (χ2v) is 8.58. The Hall–Kier alpha value is -2.83. The van der Waals surface area contributed by atoms with E-state index in [1.807, 2.05) is 53.9 Å². The van der Waals surface area contributed by atoms with E-state index in [1.165, 1.54) is 0 Å². The van der Waals surface area contributed by atoms with Crippen LogP contribution in [-0.4, -0.2) is 23.3 Å². The highest BCUT2D eigenvalue weighted by Crippen LogP contribution is 2.28. The van der Waals surface area contributed by atoms with Gasteiger partial charge in [0.05, 0.1) is 28.3 Å². The molecule has 2 aromatic carbocycles. The average Bonchev–Trinajstić information content (AvgIpc) is 3.31. The van der Waals surface area contributed by atoms with Gasteiger partial charge in [-0.05, 0) is 42.1 Å². The van der Waals surface area contributed by atoms with Crippen LogP contribution in [0.2, 0.25) is 0 Å². The lowest BCUT2D eigenvalue weighted by Gasteiger charge is -2.09. The Balaban J connectivity index is 1.44. The molecule has 0 radical (unpaired) electrons. The van der Waals surface area contributed by atoms with Crippen molar-refractivity contribution < 1.29 is 14.3 Å². The fourth-order valence-electron chi connectivity index (χ4n) is 3.15. The summed E-state index contributed by atoms with van der Waals surface area (Å²) in [5, 5.41) is 2.74. The Morgan fingerprint density at radius 3 is 2.57 bits per heavy atom. The second kappa shape index (κ2) is 9.32. The maximum atomic E-state index is 12.8. The molecular weight excluding hydrogens is 462 g/mol. The smallest absolute Gasteiger partial charge is 0.338 e. The number of esters is 1. The van der Waals surface area contributed by atoms with Crippen LogP contribution in [0.5, 0.6) is 0 Å². The molecule has 4 nitrogen and oxygen atoms in total. The van der Waals surface area contributed by atoms with Gasteiger partial charge in [-0.25, -0.2) is 9.78 Å². The first kappa shape index (κ1) is 20.4. The number of nitrogens with zero attached hydrogens (tertiary/aromatic N) is 1. The molecule has 0 saturated heterocycles. The average molecular weight is 480 g/mol. The lowest BCUT2D eigenvalue weighted by atomic mass is 10.1. The van der Waals surface area contributed by atoms with Crippen LogP contribution in [-0.2, 0) is 4.74 Å². The van der Waals surface area contributed by atoms with Gasteiger partial charge < -0.3 is 4.74 Å². The molecule has 0 spiro atoms. The summed E-state index contributed by atoms with van der Waals surface area (Å²) in [6.45, 7) is 0.187. The quantitative estimate of drug-likeness (QED) is 0.171. The number of pyridine rings is 1. The molecule has 0 aliphatic rings. The molecule has 6 heteroatoms. The number of carbonyl (C=O) groups is 2. The standard InChI is InChI=1S/C24H18BrNO3S/c25-17-11-9-16(10-12-17)22(27)7-3-13-29-24(28)19-15-21(23-8-4-14-30-23)26-20-6-2-1-5-18(19)20/h1-2,4-6,8-12,14-15H,3,7,13H2. The summed E-state index contributed by atoms with van der Waals surface area (Å²) < 4.78 is 6.42. The van der Waals surface area contributed by atoms with Gasteiger partial charge in [0.1, 0.15) is 0 Å². The number of hydrogen-bond acceptors (Lipinski definition) is 5. The van der Waals surface area contributed by atoms with Gasteiger partial charge in [0.25, 0.3) is 0 Å². The largest absolute Gasteiger partial charge is 0.462 e. The van der Waals surface area contributed by atoms with Crippen molar-refractivity contribution in [2.45, 2.75) is 12.8 Å². The third-order valence-corrected chi connectivity index (χ3v) is 6.08. The highest BCUT2D eigenvalue weighted by Gasteiger charge is 2.16. The van der Waals surface area contributed by atoms with Gasteiger partial charge in [0.15, 0.2) is 5.78 Å². The third kappa shape index (κ3) is 4.66. The molecule has 0 fully saturated rings. The van der Waals surface area contributed by atoms with E-state index in [9.17, 15) is 9.59 Å². The first-order valence-electron chi connectivity index (χ1n) is 9.51. The number of Topliss-reactive ketones (excluding diaryl/α,β-unsaturated/α-hetero) is 1. The van der Waals surface area contributed by atoms with Gasteiger partial charge >= 0.3 is 5.97 Å². The van der Waals surface area contributed by atoms with Crippen molar-refractivity contribution in [2.75, 3.05) is 6.61 Å². The number of fused-ring (bicyclic) bond motifs is 1. The molecule has 4 rings (SSSR count). The van der Waals surface area contributed by atoms with Crippen LogP contribution in [0.3, 0.4) is 0 Å². The van der Waals surface area contributed by atoms with E-state index in [2.05, 4.69) is 20.9 Å². The zero-order valence-corrected chi connectivity index (χ0v) is 18.4. The van der Waals surface area contributed by atoms with Crippen LogP contribution < -0.4 is 0 Å². The van der Waals surface area contributed by atoms with E-state index in [4.69, 9.17) is 4.74 Å². The Labute approximate surface area is 186 Å². The predicted octanol–water partition coefficient (Wildman–Crippen LogP) is 6.55. The SMILES string of the molecule is O=C(CCCOC(=O)c1cc(-c2cccs2)nc2ccccc12)c1ccc(Br)cc1. The minimum atomic E-state index is -0.400. The molecule has 0 amide bonds. The first-order chi connectivity index (χ1) is 14.6. The van der Waals surface area contributed by atoms with E-state index in [0.29, 0.717) is 24.0 Å².